The molecule has 0 fully saturated rings. The van der Waals surface area contributed by atoms with E-state index in [0.717, 1.165) is 19.5 Å². The second-order valence-corrected chi connectivity index (χ2v) is 5.53. The largest absolute Gasteiger partial charge is 0.310 e. The van der Waals surface area contributed by atoms with E-state index < -0.39 is 0 Å². The van der Waals surface area contributed by atoms with Crippen LogP contribution in [0.3, 0.4) is 0 Å². The number of nitrogens with one attached hydrogen (secondary N) is 2. The molecular weight excluding hydrogens is 256 g/mol. The second-order valence-electron chi connectivity index (χ2n) is 5.53. The van der Waals surface area contributed by atoms with E-state index in [4.69, 9.17) is 0 Å². The van der Waals surface area contributed by atoms with Crippen LogP contribution in [0, 0.1) is 0 Å². The molecule has 0 aromatic heterocycles. The van der Waals surface area contributed by atoms with Crippen LogP contribution in [0.2, 0.25) is 0 Å². The molecule has 2 atom stereocenters. The molecule has 0 saturated heterocycles. The average Bonchev–Trinajstić information content (AvgIpc) is 2.55. The van der Waals surface area contributed by atoms with Crippen molar-refractivity contribution < 1.29 is 0 Å². The Morgan fingerprint density at radius 1 is 0.667 bits per heavy atom. The van der Waals surface area contributed by atoms with E-state index >= 15 is 0 Å². The zero-order chi connectivity index (χ0) is 14.9. The third kappa shape index (κ3) is 5.33. The molecule has 2 N–H and O–H groups in total. The molecule has 0 aliphatic carbocycles. The van der Waals surface area contributed by atoms with Gasteiger partial charge in [0.2, 0.25) is 0 Å². The lowest BCUT2D eigenvalue weighted by atomic mass is 10.1. The summed E-state index contributed by atoms with van der Waals surface area (Å²) < 4.78 is 0. The van der Waals surface area contributed by atoms with Gasteiger partial charge in [-0.25, -0.2) is 0 Å². The van der Waals surface area contributed by atoms with Crippen LogP contribution in [-0.2, 0) is 0 Å². The summed E-state index contributed by atoms with van der Waals surface area (Å²) in [4.78, 5) is 0. The second kappa shape index (κ2) is 8.60. The van der Waals surface area contributed by atoms with Gasteiger partial charge >= 0.3 is 0 Å². The monoisotopic (exact) mass is 282 g/mol. The van der Waals surface area contributed by atoms with Crippen LogP contribution in [0.1, 0.15) is 43.5 Å². The standard InChI is InChI=1S/C19H26N2/c1-16(18-10-5-3-6-11-18)20-14-9-15-21-17(2)19-12-7-4-8-13-19/h3-8,10-13,16-17,20-21H,9,14-15H2,1-2H3/t16-,17-/m1/s1. The Morgan fingerprint density at radius 2 is 1.05 bits per heavy atom. The Morgan fingerprint density at radius 3 is 1.43 bits per heavy atom. The van der Waals surface area contributed by atoms with Crippen LogP contribution < -0.4 is 10.6 Å². The SMILES string of the molecule is C[C@@H](NCCCN[C@H](C)c1ccccc1)c1ccccc1. The molecule has 0 amide bonds. The van der Waals surface area contributed by atoms with Crippen LogP contribution in [0.4, 0.5) is 0 Å². The van der Waals surface area contributed by atoms with Crippen LogP contribution >= 0.6 is 0 Å². The number of benzene rings is 2. The van der Waals surface area contributed by atoms with Crippen molar-refractivity contribution in [3.8, 4) is 0 Å². The summed E-state index contributed by atoms with van der Waals surface area (Å²) in [5.41, 5.74) is 2.70. The minimum absolute atomic E-state index is 0.415. The minimum atomic E-state index is 0.415. The first-order valence-electron chi connectivity index (χ1n) is 7.84. The van der Waals surface area contributed by atoms with Gasteiger partial charge in [0.25, 0.3) is 0 Å². The lowest BCUT2D eigenvalue weighted by Crippen LogP contribution is -2.25. The van der Waals surface area contributed by atoms with Gasteiger partial charge < -0.3 is 10.6 Å². The lowest BCUT2D eigenvalue weighted by molar-refractivity contribution is 0.511. The maximum Gasteiger partial charge on any atom is 0.0291 e. The molecule has 0 saturated carbocycles. The maximum absolute atomic E-state index is 3.57. The van der Waals surface area contributed by atoms with Crippen molar-refractivity contribution in [2.45, 2.75) is 32.4 Å². The minimum Gasteiger partial charge on any atom is -0.310 e. The van der Waals surface area contributed by atoms with E-state index in [1.54, 1.807) is 0 Å². The molecule has 0 bridgehead atoms. The van der Waals surface area contributed by atoms with Crippen molar-refractivity contribution in [3.05, 3.63) is 71.8 Å². The summed E-state index contributed by atoms with van der Waals surface area (Å²) in [6, 6.07) is 22.0. The Labute approximate surface area is 128 Å². The highest BCUT2D eigenvalue weighted by Crippen LogP contribution is 2.12. The molecular formula is C19H26N2. The van der Waals surface area contributed by atoms with Crippen molar-refractivity contribution in [2.75, 3.05) is 13.1 Å². The Kier molecular flexibility index (Phi) is 6.45. The van der Waals surface area contributed by atoms with Crippen molar-refractivity contribution in [3.63, 3.8) is 0 Å². The van der Waals surface area contributed by atoms with Crippen molar-refractivity contribution in [1.29, 1.82) is 0 Å². The summed E-state index contributed by atoms with van der Waals surface area (Å²) in [7, 11) is 0. The van der Waals surface area contributed by atoms with Gasteiger partial charge in [-0.1, -0.05) is 60.7 Å². The van der Waals surface area contributed by atoms with E-state index in [2.05, 4.69) is 85.1 Å². The summed E-state index contributed by atoms with van der Waals surface area (Å²) >= 11 is 0. The average molecular weight is 282 g/mol. The fourth-order valence-corrected chi connectivity index (χ4v) is 2.44. The molecule has 2 rings (SSSR count). The fourth-order valence-electron chi connectivity index (χ4n) is 2.44. The van der Waals surface area contributed by atoms with Crippen LogP contribution in [0.5, 0.6) is 0 Å². The summed E-state index contributed by atoms with van der Waals surface area (Å²) in [5, 5.41) is 7.14. The van der Waals surface area contributed by atoms with Gasteiger partial charge in [0.15, 0.2) is 0 Å². The van der Waals surface area contributed by atoms with Gasteiger partial charge in [-0.2, -0.15) is 0 Å². The quantitative estimate of drug-likeness (QED) is 0.713. The summed E-state index contributed by atoms with van der Waals surface area (Å²) in [6.45, 7) is 6.50. The molecule has 0 aliphatic rings. The molecule has 0 aliphatic heterocycles. The molecule has 112 valence electrons. The molecule has 2 heteroatoms. The first-order chi connectivity index (χ1) is 10.3. The van der Waals surface area contributed by atoms with Gasteiger partial charge in [-0.3, -0.25) is 0 Å². The lowest BCUT2D eigenvalue weighted by Gasteiger charge is -2.16. The molecule has 0 radical (unpaired) electrons. The van der Waals surface area contributed by atoms with Gasteiger partial charge in [0, 0.05) is 12.1 Å². The zero-order valence-electron chi connectivity index (χ0n) is 13.0. The highest BCUT2D eigenvalue weighted by atomic mass is 14.9. The molecule has 0 heterocycles. The molecule has 2 aromatic carbocycles. The number of hydrogen-bond acceptors (Lipinski definition) is 2. The van der Waals surface area contributed by atoms with Crippen LogP contribution in [0.25, 0.3) is 0 Å². The van der Waals surface area contributed by atoms with Crippen molar-refractivity contribution >= 4 is 0 Å². The highest BCUT2D eigenvalue weighted by Gasteiger charge is 2.04. The smallest absolute Gasteiger partial charge is 0.0291 e. The number of rotatable bonds is 8. The van der Waals surface area contributed by atoms with Gasteiger partial charge in [0.05, 0.1) is 0 Å². The van der Waals surface area contributed by atoms with E-state index in [1.807, 2.05) is 0 Å². The van der Waals surface area contributed by atoms with Crippen molar-refractivity contribution in [1.82, 2.24) is 10.6 Å². The highest BCUT2D eigenvalue weighted by molar-refractivity contribution is 5.18. The molecule has 0 unspecified atom stereocenters. The molecule has 21 heavy (non-hydrogen) atoms. The van der Waals surface area contributed by atoms with Gasteiger partial charge in [0.1, 0.15) is 0 Å². The van der Waals surface area contributed by atoms with Crippen LogP contribution in [-0.4, -0.2) is 13.1 Å². The third-order valence-electron chi connectivity index (χ3n) is 3.85. The van der Waals surface area contributed by atoms with Gasteiger partial charge in [-0.15, -0.1) is 0 Å². The predicted octanol–water partition coefficient (Wildman–Crippen LogP) is 4.08. The Balaban J connectivity index is 1.62. The van der Waals surface area contributed by atoms with Crippen LogP contribution in [0.15, 0.2) is 60.7 Å². The first-order valence-corrected chi connectivity index (χ1v) is 7.84. The zero-order valence-corrected chi connectivity index (χ0v) is 13.0. The topological polar surface area (TPSA) is 24.1 Å². The van der Waals surface area contributed by atoms with Gasteiger partial charge in [-0.05, 0) is 44.5 Å². The molecule has 2 nitrogen and oxygen atoms in total. The molecule has 2 aromatic rings. The molecule has 0 spiro atoms. The normalized spacial score (nSPS) is 13.8. The van der Waals surface area contributed by atoms with E-state index in [1.165, 1.54) is 11.1 Å². The summed E-state index contributed by atoms with van der Waals surface area (Å²) in [6.07, 6.45) is 1.13. The maximum atomic E-state index is 3.57. The number of hydrogen-bond donors (Lipinski definition) is 2. The first kappa shape index (κ1) is 15.7. The van der Waals surface area contributed by atoms with Crippen molar-refractivity contribution in [2.24, 2.45) is 0 Å². The van der Waals surface area contributed by atoms with E-state index in [9.17, 15) is 0 Å². The fraction of sp³-hybridized carbons (Fsp3) is 0.368. The summed E-state index contributed by atoms with van der Waals surface area (Å²) in [5.74, 6) is 0. The van der Waals surface area contributed by atoms with E-state index in [-0.39, 0.29) is 0 Å². The van der Waals surface area contributed by atoms with E-state index in [0.29, 0.717) is 12.1 Å². The predicted molar refractivity (Wildman–Crippen MR) is 90.3 cm³/mol. The Hall–Kier alpha value is -1.64. The Bertz CT molecular complexity index is 448. The third-order valence-corrected chi connectivity index (χ3v) is 3.85.